The molecule has 0 saturated heterocycles. The molecule has 2 rings (SSSR count). The van der Waals surface area contributed by atoms with Crippen molar-refractivity contribution >= 4 is 37.4 Å². The lowest BCUT2D eigenvalue weighted by atomic mass is 10.2. The molecule has 0 amide bonds. The second-order valence-corrected chi connectivity index (χ2v) is 5.23. The first-order chi connectivity index (χ1) is 6.22. The number of hydrogen-bond acceptors (Lipinski definition) is 2. The summed E-state index contributed by atoms with van der Waals surface area (Å²) in [6.07, 6.45) is 0. The van der Waals surface area contributed by atoms with Crippen LogP contribution in [0.25, 0.3) is 10.1 Å². The Balaban J connectivity index is 2.75. The van der Waals surface area contributed by atoms with E-state index in [-0.39, 0.29) is 0 Å². The van der Waals surface area contributed by atoms with Gasteiger partial charge in [-0.15, -0.1) is 11.3 Å². The molecule has 3 heteroatoms. The molecule has 0 saturated carbocycles. The van der Waals surface area contributed by atoms with Gasteiger partial charge in [0.25, 0.3) is 0 Å². The molecule has 68 valence electrons. The van der Waals surface area contributed by atoms with Crippen LogP contribution in [-0.4, -0.2) is 7.11 Å². The molecule has 1 nitrogen and oxygen atoms in total. The molecule has 0 radical (unpaired) electrons. The first-order valence-electron chi connectivity index (χ1n) is 3.95. The minimum atomic E-state index is 0.918. The van der Waals surface area contributed by atoms with Gasteiger partial charge in [0.1, 0.15) is 5.75 Å². The zero-order chi connectivity index (χ0) is 9.42. The third-order valence-electron chi connectivity index (χ3n) is 2.09. The van der Waals surface area contributed by atoms with Crippen LogP contribution in [0.4, 0.5) is 0 Å². The molecule has 0 fully saturated rings. The van der Waals surface area contributed by atoms with Gasteiger partial charge in [-0.1, -0.05) is 0 Å². The van der Waals surface area contributed by atoms with E-state index in [2.05, 4.69) is 35.0 Å². The summed E-state index contributed by atoms with van der Waals surface area (Å²) >= 11 is 5.29. The van der Waals surface area contributed by atoms with Gasteiger partial charge in [0.15, 0.2) is 0 Å². The highest BCUT2D eigenvalue weighted by Crippen LogP contribution is 2.36. The lowest BCUT2D eigenvalue weighted by Gasteiger charge is -1.98. The quantitative estimate of drug-likeness (QED) is 0.750. The minimum absolute atomic E-state index is 0.918. The van der Waals surface area contributed by atoms with Crippen LogP contribution >= 0.6 is 27.3 Å². The molecule has 0 bridgehead atoms. The molecule has 0 spiro atoms. The predicted molar refractivity (Wildman–Crippen MR) is 60.8 cm³/mol. The molecular weight excluding hydrogens is 248 g/mol. The zero-order valence-electron chi connectivity index (χ0n) is 7.43. The van der Waals surface area contributed by atoms with E-state index >= 15 is 0 Å². The Kier molecular flexibility index (Phi) is 2.30. The van der Waals surface area contributed by atoms with Gasteiger partial charge in [0.2, 0.25) is 0 Å². The summed E-state index contributed by atoms with van der Waals surface area (Å²) in [6.45, 7) is 2.11. The summed E-state index contributed by atoms with van der Waals surface area (Å²) in [4.78, 5) is 0. The summed E-state index contributed by atoms with van der Waals surface area (Å²) in [5.41, 5.74) is 1.29. The highest BCUT2D eigenvalue weighted by molar-refractivity contribution is 9.11. The van der Waals surface area contributed by atoms with Crippen LogP contribution in [0.5, 0.6) is 5.75 Å². The fourth-order valence-electron chi connectivity index (χ4n) is 1.30. The van der Waals surface area contributed by atoms with Gasteiger partial charge in [-0.25, -0.2) is 0 Å². The lowest BCUT2D eigenvalue weighted by Crippen LogP contribution is -1.80. The minimum Gasteiger partial charge on any atom is -0.497 e. The largest absolute Gasteiger partial charge is 0.497 e. The van der Waals surface area contributed by atoms with Crippen LogP contribution < -0.4 is 4.74 Å². The zero-order valence-corrected chi connectivity index (χ0v) is 9.83. The fraction of sp³-hybridized carbons (Fsp3) is 0.200. The Morgan fingerprint density at radius 3 is 2.85 bits per heavy atom. The summed E-state index contributed by atoms with van der Waals surface area (Å²) in [5.74, 6) is 0.918. The number of methoxy groups -OCH3 is 1. The van der Waals surface area contributed by atoms with Crippen LogP contribution in [0.15, 0.2) is 22.0 Å². The Labute approximate surface area is 89.5 Å². The molecule has 1 aromatic heterocycles. The van der Waals surface area contributed by atoms with E-state index in [1.807, 2.05) is 6.07 Å². The molecule has 2 aromatic rings. The standard InChI is InChI=1S/C10H9BrOS/c1-6-8-5-7(12-2)3-4-9(8)13-10(6)11/h3-5H,1-2H3. The number of fused-ring (bicyclic) bond motifs is 1. The molecule has 0 aliphatic rings. The molecule has 0 aliphatic heterocycles. The van der Waals surface area contributed by atoms with Crippen LogP contribution in [-0.2, 0) is 0 Å². The molecule has 13 heavy (non-hydrogen) atoms. The van der Waals surface area contributed by atoms with E-state index < -0.39 is 0 Å². The first kappa shape index (κ1) is 9.03. The number of hydrogen-bond donors (Lipinski definition) is 0. The number of aryl methyl sites for hydroxylation is 1. The average Bonchev–Trinajstić information content (AvgIpc) is 2.43. The number of rotatable bonds is 1. The highest BCUT2D eigenvalue weighted by Gasteiger charge is 2.06. The third kappa shape index (κ3) is 1.46. The number of ether oxygens (including phenoxy) is 1. The van der Waals surface area contributed by atoms with Gasteiger partial charge in [-0.3, -0.25) is 0 Å². The number of halogens is 1. The average molecular weight is 257 g/mol. The monoisotopic (exact) mass is 256 g/mol. The van der Waals surface area contributed by atoms with Gasteiger partial charge in [0, 0.05) is 10.1 Å². The van der Waals surface area contributed by atoms with E-state index in [0.29, 0.717) is 0 Å². The van der Waals surface area contributed by atoms with E-state index in [1.54, 1.807) is 18.4 Å². The van der Waals surface area contributed by atoms with E-state index in [9.17, 15) is 0 Å². The van der Waals surface area contributed by atoms with Crippen molar-refractivity contribution in [3.8, 4) is 5.75 Å². The second kappa shape index (κ2) is 3.31. The number of thiophene rings is 1. The van der Waals surface area contributed by atoms with Gasteiger partial charge in [-0.2, -0.15) is 0 Å². The highest BCUT2D eigenvalue weighted by atomic mass is 79.9. The molecule has 0 N–H and O–H groups in total. The predicted octanol–water partition coefficient (Wildman–Crippen LogP) is 3.98. The van der Waals surface area contributed by atoms with Crippen molar-refractivity contribution in [2.24, 2.45) is 0 Å². The first-order valence-corrected chi connectivity index (χ1v) is 5.56. The summed E-state index contributed by atoms with van der Waals surface area (Å²) < 4.78 is 7.68. The van der Waals surface area contributed by atoms with Crippen LogP contribution in [0.3, 0.4) is 0 Å². The van der Waals surface area contributed by atoms with Crippen molar-refractivity contribution in [3.63, 3.8) is 0 Å². The molecule has 0 unspecified atom stereocenters. The van der Waals surface area contributed by atoms with Crippen molar-refractivity contribution in [1.82, 2.24) is 0 Å². The van der Waals surface area contributed by atoms with Crippen molar-refractivity contribution in [1.29, 1.82) is 0 Å². The van der Waals surface area contributed by atoms with E-state index in [0.717, 1.165) is 5.75 Å². The van der Waals surface area contributed by atoms with Crippen molar-refractivity contribution in [3.05, 3.63) is 27.5 Å². The second-order valence-electron chi connectivity index (χ2n) is 2.86. The third-order valence-corrected chi connectivity index (χ3v) is 4.23. The van der Waals surface area contributed by atoms with Crippen molar-refractivity contribution in [2.45, 2.75) is 6.92 Å². The van der Waals surface area contributed by atoms with Crippen LogP contribution in [0.2, 0.25) is 0 Å². The SMILES string of the molecule is COc1ccc2sc(Br)c(C)c2c1. The number of benzene rings is 1. The summed E-state index contributed by atoms with van der Waals surface area (Å²) in [5, 5.41) is 1.27. The maximum atomic E-state index is 5.18. The van der Waals surface area contributed by atoms with E-state index in [1.165, 1.54) is 19.4 Å². The summed E-state index contributed by atoms with van der Waals surface area (Å²) in [6, 6.07) is 6.16. The normalized spacial score (nSPS) is 10.7. The topological polar surface area (TPSA) is 9.23 Å². The molecule has 0 aliphatic carbocycles. The lowest BCUT2D eigenvalue weighted by molar-refractivity contribution is 0.415. The van der Waals surface area contributed by atoms with Gasteiger partial charge in [0.05, 0.1) is 10.9 Å². The molecule has 0 atom stereocenters. The summed E-state index contributed by atoms with van der Waals surface area (Å²) in [7, 11) is 1.69. The van der Waals surface area contributed by atoms with Crippen LogP contribution in [0, 0.1) is 6.92 Å². The molecule has 1 aromatic carbocycles. The Morgan fingerprint density at radius 1 is 1.38 bits per heavy atom. The molecular formula is C10H9BrOS. The Bertz CT molecular complexity index is 447. The fourth-order valence-corrected chi connectivity index (χ4v) is 2.95. The Morgan fingerprint density at radius 2 is 2.15 bits per heavy atom. The van der Waals surface area contributed by atoms with Crippen LogP contribution in [0.1, 0.15) is 5.56 Å². The maximum absolute atomic E-state index is 5.18. The van der Waals surface area contributed by atoms with E-state index in [4.69, 9.17) is 4.74 Å². The molecule has 1 heterocycles. The van der Waals surface area contributed by atoms with Gasteiger partial charge < -0.3 is 4.74 Å². The van der Waals surface area contributed by atoms with Gasteiger partial charge in [-0.05, 0) is 46.6 Å². The smallest absolute Gasteiger partial charge is 0.119 e. The van der Waals surface area contributed by atoms with Crippen molar-refractivity contribution in [2.75, 3.05) is 7.11 Å². The van der Waals surface area contributed by atoms with Crippen molar-refractivity contribution < 1.29 is 4.74 Å². The maximum Gasteiger partial charge on any atom is 0.119 e. The van der Waals surface area contributed by atoms with Gasteiger partial charge >= 0.3 is 0 Å². The Hall–Kier alpha value is -0.540.